The van der Waals surface area contributed by atoms with Crippen LogP contribution in [0.15, 0.2) is 30.3 Å². The lowest BCUT2D eigenvalue weighted by Crippen LogP contribution is -2.49. The Morgan fingerprint density at radius 3 is 2.50 bits per heavy atom. The largest absolute Gasteiger partial charge is 0.355 e. The minimum absolute atomic E-state index is 0.215. The molecule has 0 atom stereocenters. The normalized spacial score (nSPS) is 17.6. The van der Waals surface area contributed by atoms with Gasteiger partial charge < -0.3 is 5.32 Å². The molecule has 2 rings (SSSR count). The van der Waals surface area contributed by atoms with Gasteiger partial charge in [0.25, 0.3) is 0 Å². The lowest BCUT2D eigenvalue weighted by molar-refractivity contribution is -0.129. The molecule has 1 aromatic carbocycles. The van der Waals surface area contributed by atoms with E-state index in [0.717, 1.165) is 32.2 Å². The van der Waals surface area contributed by atoms with Gasteiger partial charge in [0.2, 0.25) is 5.91 Å². The molecule has 0 aliphatic heterocycles. The van der Waals surface area contributed by atoms with E-state index in [1.807, 2.05) is 18.2 Å². The van der Waals surface area contributed by atoms with Crippen LogP contribution >= 0.6 is 0 Å². The van der Waals surface area contributed by atoms with Crippen LogP contribution in [-0.2, 0) is 10.2 Å². The van der Waals surface area contributed by atoms with Crippen molar-refractivity contribution in [1.29, 1.82) is 0 Å². The van der Waals surface area contributed by atoms with E-state index >= 15 is 0 Å². The van der Waals surface area contributed by atoms with Gasteiger partial charge in [-0.1, -0.05) is 43.7 Å². The Balaban J connectivity index is 2.17. The van der Waals surface area contributed by atoms with Gasteiger partial charge >= 0.3 is 0 Å². The van der Waals surface area contributed by atoms with E-state index in [1.165, 1.54) is 5.56 Å². The van der Waals surface area contributed by atoms with Gasteiger partial charge in [-0.2, -0.15) is 0 Å². The fraction of sp³-hybridized carbons (Fsp3) is 0.500. The predicted molar refractivity (Wildman–Crippen MR) is 65.3 cm³/mol. The molecule has 1 N–H and O–H groups in total. The molecule has 1 amide bonds. The minimum atomic E-state index is -0.226. The summed E-state index contributed by atoms with van der Waals surface area (Å²) in [7, 11) is 0. The highest BCUT2D eigenvalue weighted by atomic mass is 16.2. The van der Waals surface area contributed by atoms with Crippen LogP contribution in [0.25, 0.3) is 0 Å². The number of hydrogen-bond acceptors (Lipinski definition) is 1. The van der Waals surface area contributed by atoms with E-state index in [-0.39, 0.29) is 11.3 Å². The summed E-state index contributed by atoms with van der Waals surface area (Å²) in [6.45, 7) is 2.86. The van der Waals surface area contributed by atoms with Crippen LogP contribution in [-0.4, -0.2) is 12.5 Å². The van der Waals surface area contributed by atoms with Gasteiger partial charge in [-0.25, -0.2) is 0 Å². The van der Waals surface area contributed by atoms with Crippen molar-refractivity contribution in [3.8, 4) is 0 Å². The summed E-state index contributed by atoms with van der Waals surface area (Å²) in [5, 5.41) is 3.03. The van der Waals surface area contributed by atoms with Crippen LogP contribution in [0.2, 0.25) is 0 Å². The molecule has 1 fully saturated rings. The average Bonchev–Trinajstić information content (AvgIpc) is 2.26. The Bertz CT molecular complexity index is 354. The molecule has 1 aliphatic rings. The number of carbonyl (C=O) groups excluding carboxylic acids is 1. The molecule has 0 saturated heterocycles. The maximum atomic E-state index is 12.2. The van der Waals surface area contributed by atoms with Crippen LogP contribution in [0.5, 0.6) is 0 Å². The van der Waals surface area contributed by atoms with E-state index in [1.54, 1.807) is 0 Å². The smallest absolute Gasteiger partial charge is 0.230 e. The topological polar surface area (TPSA) is 29.1 Å². The standard InChI is InChI=1S/C14H19NO/c1-2-11-15-13(16)14(9-6-10-14)12-7-4-3-5-8-12/h3-5,7-8H,2,6,9-11H2,1H3,(H,15,16). The molecule has 86 valence electrons. The average molecular weight is 217 g/mol. The van der Waals surface area contributed by atoms with Gasteiger partial charge in [-0.05, 0) is 24.8 Å². The molecule has 0 spiro atoms. The third kappa shape index (κ3) is 1.84. The first kappa shape index (κ1) is 11.2. The first-order chi connectivity index (χ1) is 7.79. The Hall–Kier alpha value is -1.31. The molecule has 0 heterocycles. The number of rotatable bonds is 4. The molecule has 1 aliphatic carbocycles. The number of benzene rings is 1. The summed E-state index contributed by atoms with van der Waals surface area (Å²) < 4.78 is 0. The maximum Gasteiger partial charge on any atom is 0.230 e. The number of hydrogen-bond donors (Lipinski definition) is 1. The lowest BCUT2D eigenvalue weighted by Gasteiger charge is -2.40. The number of amides is 1. The van der Waals surface area contributed by atoms with Crippen LogP contribution in [0.1, 0.15) is 38.2 Å². The van der Waals surface area contributed by atoms with Crippen molar-refractivity contribution in [2.75, 3.05) is 6.54 Å². The van der Waals surface area contributed by atoms with Crippen molar-refractivity contribution in [3.05, 3.63) is 35.9 Å². The zero-order valence-corrected chi connectivity index (χ0v) is 9.83. The molecular formula is C14H19NO. The molecule has 2 heteroatoms. The molecule has 2 nitrogen and oxygen atoms in total. The van der Waals surface area contributed by atoms with Crippen LogP contribution < -0.4 is 5.32 Å². The number of nitrogens with one attached hydrogen (secondary N) is 1. The zero-order chi connectivity index (χ0) is 11.4. The summed E-state index contributed by atoms with van der Waals surface area (Å²) >= 11 is 0. The SMILES string of the molecule is CCCNC(=O)C1(c2ccccc2)CCC1. The van der Waals surface area contributed by atoms with E-state index < -0.39 is 0 Å². The van der Waals surface area contributed by atoms with Crippen molar-refractivity contribution >= 4 is 5.91 Å². The van der Waals surface area contributed by atoms with Crippen LogP contribution in [0, 0.1) is 0 Å². The maximum absolute atomic E-state index is 12.2. The molecule has 1 aromatic rings. The van der Waals surface area contributed by atoms with E-state index in [4.69, 9.17) is 0 Å². The van der Waals surface area contributed by atoms with E-state index in [9.17, 15) is 4.79 Å². The van der Waals surface area contributed by atoms with Crippen molar-refractivity contribution in [2.24, 2.45) is 0 Å². The number of carbonyl (C=O) groups is 1. The zero-order valence-electron chi connectivity index (χ0n) is 9.83. The molecule has 0 radical (unpaired) electrons. The minimum Gasteiger partial charge on any atom is -0.355 e. The van der Waals surface area contributed by atoms with E-state index in [2.05, 4.69) is 24.4 Å². The molecule has 1 saturated carbocycles. The summed E-state index contributed by atoms with van der Waals surface area (Å²) in [5.74, 6) is 0.215. The van der Waals surface area contributed by atoms with Crippen LogP contribution in [0.3, 0.4) is 0 Å². The quantitative estimate of drug-likeness (QED) is 0.825. The van der Waals surface area contributed by atoms with E-state index in [0.29, 0.717) is 0 Å². The van der Waals surface area contributed by atoms with Gasteiger partial charge in [0.1, 0.15) is 0 Å². The van der Waals surface area contributed by atoms with Gasteiger partial charge in [0.15, 0.2) is 0 Å². The van der Waals surface area contributed by atoms with Gasteiger partial charge in [-0.3, -0.25) is 4.79 Å². The first-order valence-electron chi connectivity index (χ1n) is 6.13. The van der Waals surface area contributed by atoms with Crippen LogP contribution in [0.4, 0.5) is 0 Å². The second-order valence-corrected chi connectivity index (χ2v) is 4.56. The van der Waals surface area contributed by atoms with Gasteiger partial charge in [0.05, 0.1) is 5.41 Å². The van der Waals surface area contributed by atoms with Crippen molar-refractivity contribution in [3.63, 3.8) is 0 Å². The van der Waals surface area contributed by atoms with Crippen molar-refractivity contribution in [1.82, 2.24) is 5.32 Å². The molecular weight excluding hydrogens is 198 g/mol. The molecule has 0 aromatic heterocycles. The highest BCUT2D eigenvalue weighted by molar-refractivity contribution is 5.89. The highest BCUT2D eigenvalue weighted by Gasteiger charge is 2.45. The predicted octanol–water partition coefficient (Wildman–Crippen LogP) is 2.63. The summed E-state index contributed by atoms with van der Waals surface area (Å²) in [6, 6.07) is 10.2. The third-order valence-electron chi connectivity index (χ3n) is 3.50. The summed E-state index contributed by atoms with van der Waals surface area (Å²) in [5.41, 5.74) is 0.950. The summed E-state index contributed by atoms with van der Waals surface area (Å²) in [6.07, 6.45) is 4.14. The Morgan fingerprint density at radius 1 is 1.31 bits per heavy atom. The van der Waals surface area contributed by atoms with Gasteiger partial charge in [0, 0.05) is 6.54 Å². The third-order valence-corrected chi connectivity index (χ3v) is 3.50. The summed E-state index contributed by atoms with van der Waals surface area (Å²) in [4.78, 5) is 12.2. The van der Waals surface area contributed by atoms with Crippen molar-refractivity contribution in [2.45, 2.75) is 38.0 Å². The second kappa shape index (κ2) is 4.69. The Kier molecular flexibility index (Phi) is 3.28. The second-order valence-electron chi connectivity index (χ2n) is 4.56. The first-order valence-corrected chi connectivity index (χ1v) is 6.13. The molecule has 0 unspecified atom stereocenters. The Morgan fingerprint density at radius 2 is 2.00 bits per heavy atom. The van der Waals surface area contributed by atoms with Crippen molar-refractivity contribution < 1.29 is 4.79 Å². The molecule has 16 heavy (non-hydrogen) atoms. The fourth-order valence-electron chi connectivity index (χ4n) is 2.34. The Labute approximate surface area is 97.1 Å². The molecule has 0 bridgehead atoms. The monoisotopic (exact) mass is 217 g/mol. The lowest BCUT2D eigenvalue weighted by atomic mass is 9.64. The fourth-order valence-corrected chi connectivity index (χ4v) is 2.34. The highest BCUT2D eigenvalue weighted by Crippen LogP contribution is 2.43. The van der Waals surface area contributed by atoms with Gasteiger partial charge in [-0.15, -0.1) is 0 Å².